The number of aromatic nitrogens is 2. The third kappa shape index (κ3) is 4.32. The van der Waals surface area contributed by atoms with Crippen molar-refractivity contribution in [3.8, 4) is 11.8 Å². The van der Waals surface area contributed by atoms with Crippen LogP contribution in [0.3, 0.4) is 0 Å². The zero-order valence-electron chi connectivity index (χ0n) is 17.2. The fraction of sp³-hybridized carbons (Fsp3) is 0.500. The van der Waals surface area contributed by atoms with Gasteiger partial charge in [0.1, 0.15) is 5.75 Å². The summed E-state index contributed by atoms with van der Waals surface area (Å²) < 4.78 is 7.06. The summed E-state index contributed by atoms with van der Waals surface area (Å²) in [4.78, 5) is 17.1. The van der Waals surface area contributed by atoms with Gasteiger partial charge in [0.2, 0.25) is 0 Å². The molecule has 3 heterocycles. The van der Waals surface area contributed by atoms with E-state index in [0.717, 1.165) is 50.1 Å². The Kier molecular flexibility index (Phi) is 6.02. The normalized spacial score (nSPS) is 22.1. The first-order valence-electron chi connectivity index (χ1n) is 10.4. The van der Waals surface area contributed by atoms with E-state index in [1.54, 1.807) is 36.2 Å². The molecule has 2 aromatic rings. The Balaban J connectivity index is 1.47. The number of β-amino-alcohol motifs (C(OH)–C–C–N with tert-alkyl or cyclic N) is 1. The van der Waals surface area contributed by atoms with E-state index in [2.05, 4.69) is 16.1 Å². The molecule has 1 N–H and O–H groups in total. The van der Waals surface area contributed by atoms with Crippen molar-refractivity contribution >= 4 is 5.69 Å². The first-order chi connectivity index (χ1) is 14.6. The van der Waals surface area contributed by atoms with Crippen LogP contribution in [0.2, 0.25) is 0 Å². The molecule has 0 aliphatic carbocycles. The van der Waals surface area contributed by atoms with E-state index in [1.165, 1.54) is 0 Å². The first-order valence-corrected chi connectivity index (χ1v) is 10.4. The third-order valence-electron chi connectivity index (χ3n) is 5.98. The van der Waals surface area contributed by atoms with Crippen LogP contribution < -0.4 is 15.2 Å². The molecular formula is C22H27N5O3. The van der Waals surface area contributed by atoms with Gasteiger partial charge in [0, 0.05) is 37.8 Å². The van der Waals surface area contributed by atoms with Gasteiger partial charge < -0.3 is 14.7 Å². The number of piperidine rings is 1. The van der Waals surface area contributed by atoms with Crippen molar-refractivity contribution < 1.29 is 9.84 Å². The van der Waals surface area contributed by atoms with Gasteiger partial charge in [-0.25, -0.2) is 4.68 Å². The fourth-order valence-electron chi connectivity index (χ4n) is 4.39. The van der Waals surface area contributed by atoms with Gasteiger partial charge in [-0.3, -0.25) is 9.69 Å². The zero-order chi connectivity index (χ0) is 21.1. The van der Waals surface area contributed by atoms with Crippen molar-refractivity contribution in [2.75, 3.05) is 38.2 Å². The van der Waals surface area contributed by atoms with Crippen LogP contribution >= 0.6 is 0 Å². The molecule has 0 saturated carbocycles. The molecule has 4 rings (SSSR count). The summed E-state index contributed by atoms with van der Waals surface area (Å²) >= 11 is 0. The summed E-state index contributed by atoms with van der Waals surface area (Å²) in [5, 5.41) is 23.3. The standard InChI is InChI=1S/C22H27N5O3/c1-30-21-9-16(11-23)4-5-17(21)13-25-7-2-3-18(14-25)27-22(29)10-19(12-24-27)26-8-6-20(28)15-26/h4-5,9-10,12,18,20,28H,2-3,6-8,13-15H2,1H3/t18?,20-/m0/s1. The molecule has 2 atom stereocenters. The van der Waals surface area contributed by atoms with E-state index < -0.39 is 0 Å². The molecule has 2 fully saturated rings. The minimum Gasteiger partial charge on any atom is -0.496 e. The second-order valence-corrected chi connectivity index (χ2v) is 8.05. The highest BCUT2D eigenvalue weighted by Gasteiger charge is 2.25. The van der Waals surface area contributed by atoms with Crippen LogP contribution in [0, 0.1) is 11.3 Å². The number of methoxy groups -OCH3 is 1. The van der Waals surface area contributed by atoms with Crippen molar-refractivity contribution in [2.45, 2.75) is 38.0 Å². The number of rotatable bonds is 5. The van der Waals surface area contributed by atoms with Crippen molar-refractivity contribution in [2.24, 2.45) is 0 Å². The smallest absolute Gasteiger partial charge is 0.269 e. The molecule has 2 saturated heterocycles. The number of anilines is 1. The van der Waals surface area contributed by atoms with Crippen LogP contribution in [0.5, 0.6) is 5.75 Å². The molecule has 2 aliphatic rings. The summed E-state index contributed by atoms with van der Waals surface area (Å²) in [5.41, 5.74) is 2.29. The van der Waals surface area contributed by atoms with E-state index >= 15 is 0 Å². The van der Waals surface area contributed by atoms with Crippen LogP contribution in [0.15, 0.2) is 35.3 Å². The van der Waals surface area contributed by atoms with Crippen LogP contribution in [0.4, 0.5) is 5.69 Å². The Labute approximate surface area is 175 Å². The SMILES string of the molecule is COc1cc(C#N)ccc1CN1CCCC(n2ncc(N3CC[C@H](O)C3)cc2=O)C1. The second kappa shape index (κ2) is 8.86. The maximum absolute atomic E-state index is 12.8. The molecule has 2 aliphatic heterocycles. The lowest BCUT2D eigenvalue weighted by Crippen LogP contribution is -2.40. The highest BCUT2D eigenvalue weighted by atomic mass is 16.5. The van der Waals surface area contributed by atoms with Crippen LogP contribution in [-0.2, 0) is 6.54 Å². The Morgan fingerprint density at radius 3 is 2.83 bits per heavy atom. The third-order valence-corrected chi connectivity index (χ3v) is 5.98. The van der Waals surface area contributed by atoms with Crippen molar-refractivity contribution in [3.05, 3.63) is 51.9 Å². The lowest BCUT2D eigenvalue weighted by atomic mass is 10.0. The number of aliphatic hydroxyl groups excluding tert-OH is 1. The lowest BCUT2D eigenvalue weighted by molar-refractivity contribution is 0.158. The van der Waals surface area contributed by atoms with Gasteiger partial charge in [0.15, 0.2) is 0 Å². The number of hydrogen-bond donors (Lipinski definition) is 1. The molecule has 8 heteroatoms. The predicted molar refractivity (Wildman–Crippen MR) is 113 cm³/mol. The minimum atomic E-state index is -0.335. The Bertz CT molecular complexity index is 999. The monoisotopic (exact) mass is 409 g/mol. The second-order valence-electron chi connectivity index (χ2n) is 8.05. The molecule has 8 nitrogen and oxygen atoms in total. The lowest BCUT2D eigenvalue weighted by Gasteiger charge is -2.33. The highest BCUT2D eigenvalue weighted by molar-refractivity contribution is 5.44. The van der Waals surface area contributed by atoms with Gasteiger partial charge in [0.25, 0.3) is 5.56 Å². The van der Waals surface area contributed by atoms with E-state index in [1.807, 2.05) is 11.0 Å². The van der Waals surface area contributed by atoms with E-state index in [0.29, 0.717) is 24.4 Å². The number of benzene rings is 1. The van der Waals surface area contributed by atoms with Gasteiger partial charge in [0.05, 0.1) is 42.8 Å². The largest absolute Gasteiger partial charge is 0.496 e. The molecular weight excluding hydrogens is 382 g/mol. The van der Waals surface area contributed by atoms with Crippen LogP contribution in [0.25, 0.3) is 0 Å². The van der Waals surface area contributed by atoms with Crippen LogP contribution in [0.1, 0.15) is 36.4 Å². The van der Waals surface area contributed by atoms with Gasteiger partial charge in [-0.2, -0.15) is 10.4 Å². The average Bonchev–Trinajstić information content (AvgIpc) is 3.20. The first kappa shape index (κ1) is 20.4. The molecule has 1 aromatic carbocycles. The van der Waals surface area contributed by atoms with E-state index in [-0.39, 0.29) is 17.7 Å². The minimum absolute atomic E-state index is 0.0221. The quantitative estimate of drug-likeness (QED) is 0.800. The predicted octanol–water partition coefficient (Wildman–Crippen LogP) is 1.53. The molecule has 0 bridgehead atoms. The molecule has 1 aromatic heterocycles. The van der Waals surface area contributed by atoms with Crippen molar-refractivity contribution in [1.29, 1.82) is 5.26 Å². The summed E-state index contributed by atoms with van der Waals surface area (Å²) in [5.74, 6) is 0.712. The number of hydrogen-bond acceptors (Lipinski definition) is 7. The summed E-state index contributed by atoms with van der Waals surface area (Å²) in [6.07, 6.45) is 4.02. The number of likely N-dealkylation sites (tertiary alicyclic amines) is 1. The Hall–Kier alpha value is -2.89. The zero-order valence-corrected chi connectivity index (χ0v) is 17.2. The van der Waals surface area contributed by atoms with E-state index in [4.69, 9.17) is 10.00 Å². The van der Waals surface area contributed by atoms with Gasteiger partial charge in [-0.1, -0.05) is 6.07 Å². The number of aliphatic hydroxyl groups is 1. The van der Waals surface area contributed by atoms with Gasteiger partial charge in [-0.15, -0.1) is 0 Å². The number of ether oxygens (including phenoxy) is 1. The van der Waals surface area contributed by atoms with E-state index in [9.17, 15) is 9.90 Å². The molecule has 0 amide bonds. The van der Waals surface area contributed by atoms with Gasteiger partial charge in [-0.05, 0) is 37.9 Å². The van der Waals surface area contributed by atoms with Crippen molar-refractivity contribution in [1.82, 2.24) is 14.7 Å². The number of nitrogens with zero attached hydrogens (tertiary/aromatic N) is 5. The molecule has 30 heavy (non-hydrogen) atoms. The van der Waals surface area contributed by atoms with Crippen LogP contribution in [-0.4, -0.2) is 59.2 Å². The maximum Gasteiger partial charge on any atom is 0.269 e. The Morgan fingerprint density at radius 1 is 1.27 bits per heavy atom. The summed E-state index contributed by atoms with van der Waals surface area (Å²) in [7, 11) is 1.61. The summed E-state index contributed by atoms with van der Waals surface area (Å²) in [6, 6.07) is 9.29. The fourth-order valence-corrected chi connectivity index (χ4v) is 4.39. The Morgan fingerprint density at radius 2 is 2.13 bits per heavy atom. The molecule has 0 radical (unpaired) electrons. The maximum atomic E-state index is 12.8. The average molecular weight is 409 g/mol. The topological polar surface area (TPSA) is 94.6 Å². The molecule has 1 unspecified atom stereocenters. The highest BCUT2D eigenvalue weighted by Crippen LogP contribution is 2.26. The van der Waals surface area contributed by atoms with Crippen molar-refractivity contribution in [3.63, 3.8) is 0 Å². The molecule has 0 spiro atoms. The van der Waals surface area contributed by atoms with Gasteiger partial charge >= 0.3 is 0 Å². The summed E-state index contributed by atoms with van der Waals surface area (Å²) in [6.45, 7) is 3.67. The molecule has 158 valence electrons. The number of nitriles is 1.